The van der Waals surface area contributed by atoms with E-state index in [2.05, 4.69) is 20.6 Å². The summed E-state index contributed by atoms with van der Waals surface area (Å²) in [6.45, 7) is 1.95. The Morgan fingerprint density at radius 3 is 2.69 bits per heavy atom. The molecule has 0 spiro atoms. The Morgan fingerprint density at radius 2 is 1.97 bits per heavy atom. The molecule has 39 heavy (non-hydrogen) atoms. The highest BCUT2D eigenvalue weighted by atomic mass is 35.5. The van der Waals surface area contributed by atoms with Crippen LogP contribution in [-0.2, 0) is 11.1 Å². The zero-order chi connectivity index (χ0) is 27.4. The van der Waals surface area contributed by atoms with Crippen LogP contribution in [0.4, 0.5) is 14.7 Å². The summed E-state index contributed by atoms with van der Waals surface area (Å²) in [6.07, 6.45) is 7.32. The van der Waals surface area contributed by atoms with Gasteiger partial charge in [-0.15, -0.1) is 0 Å². The maximum atomic E-state index is 13.4. The first-order valence-corrected chi connectivity index (χ1v) is 13.4. The number of rotatable bonds is 5. The summed E-state index contributed by atoms with van der Waals surface area (Å²) in [5.41, 5.74) is 2.97. The van der Waals surface area contributed by atoms with Gasteiger partial charge < -0.3 is 19.6 Å². The van der Waals surface area contributed by atoms with Gasteiger partial charge in [0.2, 0.25) is 5.95 Å². The molecule has 0 aliphatic carbocycles. The van der Waals surface area contributed by atoms with Crippen LogP contribution in [0.3, 0.4) is 0 Å². The first kappa shape index (κ1) is 26.9. The predicted molar refractivity (Wildman–Crippen MR) is 142 cm³/mol. The molecule has 0 radical (unpaired) electrons. The standard InChI is InChI=1S/C20H19FN6O.C6H4ClFO2S/c21-14-5-3-13(4-6-14)17-18(27-10-11-28-20(27)26-17)16-7-9-23-19(25-16)24-15-2-1-8-22-12-15;7-5-3-4(11(9)10)1-2-6(5)8/h3-7,9-11,15,22H,1-2,8,12H2,(H,23,24,25);1-3H,(H,9,10)/p-1/t15-;/m1./s1. The van der Waals surface area contributed by atoms with E-state index in [-0.39, 0.29) is 15.7 Å². The maximum Gasteiger partial charge on any atom is 0.306 e. The van der Waals surface area contributed by atoms with E-state index in [4.69, 9.17) is 21.0 Å². The minimum absolute atomic E-state index is 0.0172. The third kappa shape index (κ3) is 6.31. The number of benzene rings is 2. The predicted octanol–water partition coefficient (Wildman–Crippen LogP) is 5.07. The third-order valence-corrected chi connectivity index (χ3v) is 6.92. The van der Waals surface area contributed by atoms with E-state index >= 15 is 0 Å². The highest BCUT2D eigenvalue weighted by Gasteiger charge is 2.20. The van der Waals surface area contributed by atoms with Gasteiger partial charge in [-0.3, -0.25) is 8.61 Å². The van der Waals surface area contributed by atoms with Crippen LogP contribution in [0, 0.1) is 11.6 Å². The van der Waals surface area contributed by atoms with Crippen molar-refractivity contribution in [1.29, 1.82) is 0 Å². The quantitative estimate of drug-likeness (QED) is 0.281. The lowest BCUT2D eigenvalue weighted by Crippen LogP contribution is -2.38. The van der Waals surface area contributed by atoms with E-state index < -0.39 is 16.9 Å². The van der Waals surface area contributed by atoms with Crippen LogP contribution in [0.15, 0.2) is 76.5 Å². The lowest BCUT2D eigenvalue weighted by atomic mass is 10.1. The summed E-state index contributed by atoms with van der Waals surface area (Å²) in [5.74, 6) is 0.123. The van der Waals surface area contributed by atoms with Gasteiger partial charge in [-0.05, 0) is 79.0 Å². The van der Waals surface area contributed by atoms with E-state index in [1.807, 2.05) is 10.5 Å². The molecule has 0 amide bonds. The van der Waals surface area contributed by atoms with Crippen molar-refractivity contribution in [1.82, 2.24) is 24.7 Å². The van der Waals surface area contributed by atoms with Gasteiger partial charge in [0, 0.05) is 35.4 Å². The van der Waals surface area contributed by atoms with Crippen LogP contribution >= 0.6 is 11.6 Å². The van der Waals surface area contributed by atoms with Crippen LogP contribution < -0.4 is 10.6 Å². The molecule has 0 saturated carbocycles. The number of fused-ring (bicyclic) bond motifs is 1. The number of imidazole rings is 1. The molecule has 2 N–H and O–H groups in total. The van der Waals surface area contributed by atoms with Crippen molar-refractivity contribution < 1.29 is 22.0 Å². The Bertz CT molecular complexity index is 1610. The van der Waals surface area contributed by atoms with Gasteiger partial charge in [0.25, 0.3) is 0 Å². The number of hydrogen-bond donors (Lipinski definition) is 2. The molecule has 1 aliphatic rings. The van der Waals surface area contributed by atoms with E-state index in [0.29, 0.717) is 23.5 Å². The van der Waals surface area contributed by atoms with E-state index in [9.17, 15) is 17.5 Å². The lowest BCUT2D eigenvalue weighted by Gasteiger charge is -2.23. The Kier molecular flexibility index (Phi) is 8.27. The summed E-state index contributed by atoms with van der Waals surface area (Å²) in [4.78, 5) is 13.6. The van der Waals surface area contributed by atoms with Crippen molar-refractivity contribution in [3.8, 4) is 22.6 Å². The van der Waals surface area contributed by atoms with Crippen LogP contribution in [-0.4, -0.2) is 47.2 Å². The second kappa shape index (κ2) is 12.0. The van der Waals surface area contributed by atoms with Crippen molar-refractivity contribution in [2.45, 2.75) is 23.8 Å². The molecule has 2 aromatic carbocycles. The zero-order valence-electron chi connectivity index (χ0n) is 20.3. The molecule has 1 unspecified atom stereocenters. The smallest absolute Gasteiger partial charge is 0.306 e. The fraction of sp³-hybridized carbons (Fsp3) is 0.192. The molecule has 4 heterocycles. The van der Waals surface area contributed by atoms with Crippen LogP contribution in [0.2, 0.25) is 5.02 Å². The van der Waals surface area contributed by atoms with Gasteiger partial charge >= 0.3 is 5.84 Å². The monoisotopic (exact) mass is 571 g/mol. The Balaban J connectivity index is 0.000000237. The Morgan fingerprint density at radius 1 is 1.15 bits per heavy atom. The number of piperidine rings is 1. The SMILES string of the molecule is Fc1ccc(-c2nc3occn3c2-c2ccnc(N[C@@H]3CCCNC3)n2)cc1.O=S([O-])c1ccc(F)c(Cl)c1. The molecule has 13 heteroatoms. The van der Waals surface area contributed by atoms with E-state index in [1.54, 1.807) is 30.8 Å². The van der Waals surface area contributed by atoms with E-state index in [1.165, 1.54) is 12.1 Å². The number of halogens is 3. The first-order chi connectivity index (χ1) is 18.9. The number of nitrogens with zero attached hydrogens (tertiary/aromatic N) is 4. The number of oxazole rings is 1. The third-order valence-electron chi connectivity index (χ3n) is 5.99. The zero-order valence-corrected chi connectivity index (χ0v) is 21.9. The van der Waals surface area contributed by atoms with Crippen LogP contribution in [0.5, 0.6) is 0 Å². The Hall–Kier alpha value is -3.71. The normalized spacial score (nSPS) is 15.9. The highest BCUT2D eigenvalue weighted by molar-refractivity contribution is 7.79. The molecule has 202 valence electrons. The molecule has 1 saturated heterocycles. The molecule has 1 aliphatic heterocycles. The maximum absolute atomic E-state index is 13.4. The topological polar surface area (TPSA) is 120 Å². The fourth-order valence-corrected chi connectivity index (χ4v) is 4.78. The van der Waals surface area contributed by atoms with Gasteiger partial charge in [0.1, 0.15) is 29.3 Å². The largest absolute Gasteiger partial charge is 0.768 e. The second-order valence-electron chi connectivity index (χ2n) is 8.64. The fourth-order valence-electron chi connectivity index (χ4n) is 4.14. The average Bonchev–Trinajstić information content (AvgIpc) is 3.53. The molecule has 6 rings (SSSR count). The van der Waals surface area contributed by atoms with Gasteiger partial charge in [-0.25, -0.2) is 18.7 Å². The van der Waals surface area contributed by atoms with Crippen molar-refractivity contribution in [2.24, 2.45) is 0 Å². The first-order valence-electron chi connectivity index (χ1n) is 12.0. The van der Waals surface area contributed by atoms with E-state index in [0.717, 1.165) is 61.1 Å². The van der Waals surface area contributed by atoms with Gasteiger partial charge in [-0.1, -0.05) is 11.6 Å². The number of hydrogen-bond acceptors (Lipinski definition) is 8. The van der Waals surface area contributed by atoms with Gasteiger partial charge in [0.15, 0.2) is 0 Å². The molecular formula is C26H22ClF2N6O3S-. The summed E-state index contributed by atoms with van der Waals surface area (Å²) in [5, 5.41) is 6.59. The van der Waals surface area contributed by atoms with Gasteiger partial charge in [0.05, 0.1) is 10.7 Å². The molecule has 2 atom stereocenters. The summed E-state index contributed by atoms with van der Waals surface area (Å²) in [6, 6.07) is 11.6. The van der Waals surface area contributed by atoms with Crippen molar-refractivity contribution in [3.05, 3.63) is 83.8 Å². The average molecular weight is 572 g/mol. The summed E-state index contributed by atoms with van der Waals surface area (Å²) in [7, 11) is 0. The molecule has 3 aromatic heterocycles. The Labute approximate surface area is 229 Å². The number of anilines is 1. The highest BCUT2D eigenvalue weighted by Crippen LogP contribution is 2.32. The van der Waals surface area contributed by atoms with Crippen LogP contribution in [0.1, 0.15) is 12.8 Å². The molecular weight excluding hydrogens is 550 g/mol. The molecule has 1 fully saturated rings. The molecule has 0 bridgehead atoms. The van der Waals surface area contributed by atoms with Crippen LogP contribution in [0.25, 0.3) is 28.5 Å². The minimum atomic E-state index is -2.35. The number of aromatic nitrogens is 4. The summed E-state index contributed by atoms with van der Waals surface area (Å²) < 4.78 is 53.7. The van der Waals surface area contributed by atoms with Crippen molar-refractivity contribution >= 4 is 34.5 Å². The summed E-state index contributed by atoms with van der Waals surface area (Å²) >= 11 is 2.96. The molecule has 9 nitrogen and oxygen atoms in total. The number of nitrogens with one attached hydrogen (secondary N) is 2. The van der Waals surface area contributed by atoms with Crippen molar-refractivity contribution in [3.63, 3.8) is 0 Å². The van der Waals surface area contributed by atoms with Gasteiger partial charge in [-0.2, -0.15) is 4.98 Å². The minimum Gasteiger partial charge on any atom is -0.768 e. The van der Waals surface area contributed by atoms with Crippen molar-refractivity contribution in [2.75, 3.05) is 18.4 Å². The molecule has 5 aromatic rings. The second-order valence-corrected chi connectivity index (χ2v) is 9.98. The lowest BCUT2D eigenvalue weighted by molar-refractivity contribution is 0.478.